The second kappa shape index (κ2) is 11.0. The topological polar surface area (TPSA) is 88.4 Å². The van der Waals surface area contributed by atoms with Crippen LogP contribution in [0.15, 0.2) is 83.8 Å². The summed E-state index contributed by atoms with van der Waals surface area (Å²) in [5.74, 6) is 1.06. The van der Waals surface area contributed by atoms with Gasteiger partial charge in [-0.3, -0.25) is 4.79 Å². The number of methoxy groups -OCH3 is 1. The summed E-state index contributed by atoms with van der Waals surface area (Å²) < 4.78 is 6.96. The molecule has 2 aromatic heterocycles. The highest BCUT2D eigenvalue weighted by atomic mass is 35.5. The average Bonchev–Trinajstić information content (AvgIpc) is 2.99. The molecule has 5 aromatic rings. The zero-order chi connectivity index (χ0) is 27.6. The lowest BCUT2D eigenvalue weighted by Crippen LogP contribution is -2.44. The van der Waals surface area contributed by atoms with E-state index in [9.17, 15) is 4.79 Å². The second-order valence-corrected chi connectivity index (χ2v) is 10.1. The third-order valence-corrected chi connectivity index (χ3v) is 7.40. The highest BCUT2D eigenvalue weighted by Gasteiger charge is 2.18. The maximum atomic E-state index is 13.6. The van der Waals surface area contributed by atoms with Gasteiger partial charge >= 0.3 is 0 Å². The SMILES string of the molecule is COc1ccc(-n2nc(-c3ccccc3Cl)c(=O)c3cnc(Nc4ccc(N5CCN(C)CC5)cc4)nc32)cc1. The minimum absolute atomic E-state index is 0.220. The van der Waals surface area contributed by atoms with Crippen molar-refractivity contribution in [3.63, 3.8) is 0 Å². The van der Waals surface area contributed by atoms with Crippen molar-refractivity contribution in [1.29, 1.82) is 0 Å². The standard InChI is InChI=1S/C30H28ClN7O2/c1-36-15-17-37(18-16-36)21-9-7-20(8-10-21)33-30-32-19-25-28(39)27(24-5-3-4-6-26(24)31)35-38(29(25)34-30)22-11-13-23(40-2)14-12-22/h3-14,19H,15-18H2,1-2H3,(H,32,33,34). The normalized spacial score (nSPS) is 13.9. The van der Waals surface area contributed by atoms with Crippen LogP contribution in [0.5, 0.6) is 5.75 Å². The molecule has 0 bridgehead atoms. The van der Waals surface area contributed by atoms with Crippen LogP contribution in [0.3, 0.4) is 0 Å². The van der Waals surface area contributed by atoms with E-state index in [-0.39, 0.29) is 11.1 Å². The van der Waals surface area contributed by atoms with Gasteiger partial charge in [-0.2, -0.15) is 10.1 Å². The number of nitrogens with one attached hydrogen (secondary N) is 1. The summed E-state index contributed by atoms with van der Waals surface area (Å²) in [4.78, 5) is 27.5. The number of anilines is 3. The molecule has 3 aromatic carbocycles. The highest BCUT2D eigenvalue weighted by molar-refractivity contribution is 6.33. The molecule has 10 heteroatoms. The fourth-order valence-electron chi connectivity index (χ4n) is 4.76. The van der Waals surface area contributed by atoms with E-state index in [1.54, 1.807) is 23.9 Å². The Bertz CT molecular complexity index is 1710. The Hall–Kier alpha value is -4.47. The molecule has 9 nitrogen and oxygen atoms in total. The molecule has 0 spiro atoms. The Kier molecular flexibility index (Phi) is 7.06. The number of hydrogen-bond donors (Lipinski definition) is 1. The Morgan fingerprint density at radius 2 is 1.60 bits per heavy atom. The van der Waals surface area contributed by atoms with Crippen LogP contribution in [-0.4, -0.2) is 65.0 Å². The lowest BCUT2D eigenvalue weighted by atomic mass is 10.1. The summed E-state index contributed by atoms with van der Waals surface area (Å²) in [5, 5.41) is 8.77. The minimum atomic E-state index is -0.295. The Balaban J connectivity index is 1.39. The third kappa shape index (κ3) is 5.09. The van der Waals surface area contributed by atoms with Crippen LogP contribution in [0.2, 0.25) is 5.02 Å². The summed E-state index contributed by atoms with van der Waals surface area (Å²) in [6.45, 7) is 4.10. The summed E-state index contributed by atoms with van der Waals surface area (Å²) in [6, 6.07) is 22.7. The van der Waals surface area contributed by atoms with E-state index in [2.05, 4.69) is 39.3 Å². The van der Waals surface area contributed by atoms with Crippen molar-refractivity contribution in [1.82, 2.24) is 24.6 Å². The quantitative estimate of drug-likeness (QED) is 0.314. The van der Waals surface area contributed by atoms with Gasteiger partial charge in [-0.05, 0) is 61.6 Å². The number of ether oxygens (including phenoxy) is 1. The number of rotatable bonds is 6. The van der Waals surface area contributed by atoms with Gasteiger partial charge in [0.25, 0.3) is 0 Å². The maximum absolute atomic E-state index is 13.6. The van der Waals surface area contributed by atoms with Crippen molar-refractivity contribution in [3.8, 4) is 22.7 Å². The van der Waals surface area contributed by atoms with Crippen LogP contribution in [0.1, 0.15) is 0 Å². The van der Waals surface area contributed by atoms with Crippen LogP contribution in [-0.2, 0) is 0 Å². The Morgan fingerprint density at radius 1 is 0.900 bits per heavy atom. The number of likely N-dealkylation sites (N-methyl/N-ethyl adjacent to an activating group) is 1. The van der Waals surface area contributed by atoms with E-state index in [1.165, 1.54) is 11.9 Å². The minimum Gasteiger partial charge on any atom is -0.497 e. The van der Waals surface area contributed by atoms with Gasteiger partial charge in [-0.1, -0.05) is 29.8 Å². The molecule has 0 unspecified atom stereocenters. The number of aromatic nitrogens is 4. The Labute approximate surface area is 236 Å². The zero-order valence-corrected chi connectivity index (χ0v) is 23.0. The molecule has 1 fully saturated rings. The highest BCUT2D eigenvalue weighted by Crippen LogP contribution is 2.27. The van der Waals surface area contributed by atoms with E-state index < -0.39 is 0 Å². The molecule has 1 saturated heterocycles. The average molecular weight is 554 g/mol. The van der Waals surface area contributed by atoms with Gasteiger partial charge in [-0.15, -0.1) is 0 Å². The molecule has 0 amide bonds. The van der Waals surface area contributed by atoms with E-state index in [4.69, 9.17) is 26.4 Å². The van der Waals surface area contributed by atoms with Gasteiger partial charge < -0.3 is 19.9 Å². The molecule has 1 N–H and O–H groups in total. The van der Waals surface area contributed by atoms with Crippen LogP contribution >= 0.6 is 11.6 Å². The van der Waals surface area contributed by atoms with Gasteiger partial charge in [-0.25, -0.2) is 9.67 Å². The molecule has 0 atom stereocenters. The number of halogens is 1. The number of nitrogens with zero attached hydrogens (tertiary/aromatic N) is 6. The van der Waals surface area contributed by atoms with Gasteiger partial charge in [0.2, 0.25) is 11.4 Å². The van der Waals surface area contributed by atoms with Gasteiger partial charge in [0.1, 0.15) is 11.4 Å². The molecule has 3 heterocycles. The molecule has 6 rings (SSSR count). The summed E-state index contributed by atoms with van der Waals surface area (Å²) in [6.07, 6.45) is 1.54. The predicted octanol–water partition coefficient (Wildman–Crippen LogP) is 5.00. The molecule has 1 aliphatic rings. The molecular weight excluding hydrogens is 526 g/mol. The van der Waals surface area contributed by atoms with Crippen molar-refractivity contribution < 1.29 is 4.74 Å². The monoisotopic (exact) mass is 553 g/mol. The van der Waals surface area contributed by atoms with Crippen LogP contribution in [0.4, 0.5) is 17.3 Å². The summed E-state index contributed by atoms with van der Waals surface area (Å²) in [5.41, 5.74) is 3.58. The number of piperazine rings is 1. The number of benzene rings is 3. The molecule has 40 heavy (non-hydrogen) atoms. The maximum Gasteiger partial charge on any atom is 0.229 e. The van der Waals surface area contributed by atoms with Gasteiger partial charge in [0, 0.05) is 49.3 Å². The van der Waals surface area contributed by atoms with Crippen LogP contribution in [0, 0.1) is 0 Å². The third-order valence-electron chi connectivity index (χ3n) is 7.07. The number of hydrogen-bond acceptors (Lipinski definition) is 8. The van der Waals surface area contributed by atoms with Crippen molar-refractivity contribution in [2.45, 2.75) is 0 Å². The largest absolute Gasteiger partial charge is 0.497 e. The molecule has 202 valence electrons. The lowest BCUT2D eigenvalue weighted by molar-refractivity contribution is 0.313. The molecule has 1 aliphatic heterocycles. The fraction of sp³-hybridized carbons (Fsp3) is 0.200. The predicted molar refractivity (Wildman–Crippen MR) is 159 cm³/mol. The van der Waals surface area contributed by atoms with Crippen molar-refractivity contribution >= 4 is 40.0 Å². The van der Waals surface area contributed by atoms with Crippen molar-refractivity contribution in [2.75, 3.05) is 50.6 Å². The summed E-state index contributed by atoms with van der Waals surface area (Å²) >= 11 is 6.45. The lowest BCUT2D eigenvalue weighted by Gasteiger charge is -2.34. The Morgan fingerprint density at radius 3 is 2.30 bits per heavy atom. The first-order chi connectivity index (χ1) is 19.5. The van der Waals surface area contributed by atoms with E-state index >= 15 is 0 Å². The fourth-order valence-corrected chi connectivity index (χ4v) is 4.98. The van der Waals surface area contributed by atoms with Gasteiger partial charge in [0.15, 0.2) is 5.65 Å². The van der Waals surface area contributed by atoms with E-state index in [0.717, 1.165) is 31.9 Å². The van der Waals surface area contributed by atoms with Gasteiger partial charge in [0.05, 0.1) is 23.2 Å². The molecular formula is C30H28ClN7O2. The van der Waals surface area contributed by atoms with Crippen molar-refractivity contribution in [2.24, 2.45) is 0 Å². The first-order valence-electron chi connectivity index (χ1n) is 13.0. The first kappa shape index (κ1) is 25.8. The van der Waals surface area contributed by atoms with Crippen LogP contribution in [0.25, 0.3) is 28.0 Å². The van der Waals surface area contributed by atoms with E-state index in [1.807, 2.05) is 48.5 Å². The summed E-state index contributed by atoms with van der Waals surface area (Å²) in [7, 11) is 3.76. The zero-order valence-electron chi connectivity index (χ0n) is 22.2. The smallest absolute Gasteiger partial charge is 0.229 e. The van der Waals surface area contributed by atoms with Crippen molar-refractivity contribution in [3.05, 3.63) is 94.2 Å². The van der Waals surface area contributed by atoms with Crippen LogP contribution < -0.4 is 20.4 Å². The van der Waals surface area contributed by atoms with E-state index in [0.29, 0.717) is 39.0 Å². The number of fused-ring (bicyclic) bond motifs is 1. The second-order valence-electron chi connectivity index (χ2n) is 9.66. The molecule has 0 aliphatic carbocycles. The molecule has 0 saturated carbocycles. The first-order valence-corrected chi connectivity index (χ1v) is 13.4. The molecule has 0 radical (unpaired) electrons.